The topological polar surface area (TPSA) is 77.3 Å². The number of carbonyl (C=O) groups is 1. The molecule has 0 spiro atoms. The Labute approximate surface area is 139 Å². The van der Waals surface area contributed by atoms with E-state index in [9.17, 15) is 4.79 Å². The SMILES string of the molecule is Cc1ccc(N/N=C(\C#N)C(=O)Nc2ccccc2C)c(Cl)c1. The molecule has 0 aliphatic heterocycles. The van der Waals surface area contributed by atoms with Gasteiger partial charge in [-0.2, -0.15) is 10.4 Å². The van der Waals surface area contributed by atoms with Crippen LogP contribution in [0.3, 0.4) is 0 Å². The van der Waals surface area contributed by atoms with E-state index in [2.05, 4.69) is 15.8 Å². The van der Waals surface area contributed by atoms with Gasteiger partial charge >= 0.3 is 0 Å². The highest BCUT2D eigenvalue weighted by Gasteiger charge is 2.12. The number of nitrogens with one attached hydrogen (secondary N) is 2. The second-order valence-electron chi connectivity index (χ2n) is 4.94. The maximum atomic E-state index is 12.1. The molecule has 5 nitrogen and oxygen atoms in total. The minimum atomic E-state index is -0.586. The van der Waals surface area contributed by atoms with Gasteiger partial charge in [-0.1, -0.05) is 35.9 Å². The number of benzene rings is 2. The summed E-state index contributed by atoms with van der Waals surface area (Å²) in [5, 5.41) is 16.1. The van der Waals surface area contributed by atoms with Gasteiger partial charge in [0.15, 0.2) is 0 Å². The highest BCUT2D eigenvalue weighted by atomic mass is 35.5. The number of carbonyl (C=O) groups excluding carboxylic acids is 1. The lowest BCUT2D eigenvalue weighted by Gasteiger charge is -2.07. The Kier molecular flexibility index (Phi) is 5.34. The predicted molar refractivity (Wildman–Crippen MR) is 92.7 cm³/mol. The molecule has 0 fully saturated rings. The van der Waals surface area contributed by atoms with Crippen LogP contribution < -0.4 is 10.7 Å². The van der Waals surface area contributed by atoms with Gasteiger partial charge in [-0.25, -0.2) is 0 Å². The monoisotopic (exact) mass is 326 g/mol. The summed E-state index contributed by atoms with van der Waals surface area (Å²) in [5.74, 6) is -0.586. The molecule has 116 valence electrons. The number of nitrogens with zero attached hydrogens (tertiary/aromatic N) is 2. The maximum Gasteiger partial charge on any atom is 0.287 e. The summed E-state index contributed by atoms with van der Waals surface area (Å²) >= 11 is 6.07. The largest absolute Gasteiger partial charge is 0.320 e. The molecule has 0 heterocycles. The van der Waals surface area contributed by atoms with E-state index in [-0.39, 0.29) is 5.71 Å². The van der Waals surface area contributed by atoms with E-state index in [4.69, 9.17) is 16.9 Å². The lowest BCUT2D eigenvalue weighted by Crippen LogP contribution is -2.23. The van der Waals surface area contributed by atoms with Crippen molar-refractivity contribution in [1.82, 2.24) is 0 Å². The van der Waals surface area contributed by atoms with Crippen molar-refractivity contribution in [1.29, 1.82) is 5.26 Å². The number of aryl methyl sites for hydroxylation is 2. The van der Waals surface area contributed by atoms with Gasteiger partial charge in [0.1, 0.15) is 6.07 Å². The fourth-order valence-electron chi connectivity index (χ4n) is 1.85. The molecular weight excluding hydrogens is 312 g/mol. The van der Waals surface area contributed by atoms with Gasteiger partial charge in [-0.15, -0.1) is 0 Å². The van der Waals surface area contributed by atoms with Crippen LogP contribution in [-0.4, -0.2) is 11.6 Å². The Morgan fingerprint density at radius 1 is 1.17 bits per heavy atom. The van der Waals surface area contributed by atoms with Crippen molar-refractivity contribution in [2.45, 2.75) is 13.8 Å². The van der Waals surface area contributed by atoms with E-state index in [1.807, 2.05) is 32.0 Å². The summed E-state index contributed by atoms with van der Waals surface area (Å²) in [6.07, 6.45) is 0. The first-order valence-corrected chi connectivity index (χ1v) is 7.26. The summed E-state index contributed by atoms with van der Waals surface area (Å²) in [6, 6.07) is 14.4. The molecule has 2 aromatic rings. The molecule has 23 heavy (non-hydrogen) atoms. The van der Waals surface area contributed by atoms with Crippen molar-refractivity contribution in [3.8, 4) is 6.07 Å². The maximum absolute atomic E-state index is 12.1. The molecule has 1 amide bonds. The number of halogens is 1. The van der Waals surface area contributed by atoms with Crippen LogP contribution in [0.1, 0.15) is 11.1 Å². The fourth-order valence-corrected chi connectivity index (χ4v) is 2.13. The van der Waals surface area contributed by atoms with Gasteiger partial charge in [0.25, 0.3) is 5.91 Å². The van der Waals surface area contributed by atoms with Crippen molar-refractivity contribution < 1.29 is 4.79 Å². The van der Waals surface area contributed by atoms with Crippen molar-refractivity contribution in [3.63, 3.8) is 0 Å². The third-order valence-electron chi connectivity index (χ3n) is 3.13. The van der Waals surface area contributed by atoms with Crippen molar-refractivity contribution >= 4 is 34.6 Å². The van der Waals surface area contributed by atoms with E-state index in [1.54, 1.807) is 30.3 Å². The molecule has 6 heteroatoms. The Bertz CT molecular complexity index is 808. The molecule has 0 saturated heterocycles. The number of hydrogen-bond donors (Lipinski definition) is 2. The van der Waals surface area contributed by atoms with E-state index < -0.39 is 5.91 Å². The van der Waals surface area contributed by atoms with E-state index in [0.717, 1.165) is 11.1 Å². The van der Waals surface area contributed by atoms with Gasteiger partial charge in [0.2, 0.25) is 5.71 Å². The van der Waals surface area contributed by atoms with Crippen LogP contribution in [0.15, 0.2) is 47.6 Å². The summed E-state index contributed by atoms with van der Waals surface area (Å²) in [6.45, 7) is 3.78. The number of nitriles is 1. The Hall–Kier alpha value is -2.84. The van der Waals surface area contributed by atoms with Crippen LogP contribution in [-0.2, 0) is 4.79 Å². The van der Waals surface area contributed by atoms with Gasteiger partial charge in [0, 0.05) is 5.69 Å². The number of anilines is 2. The highest BCUT2D eigenvalue weighted by Crippen LogP contribution is 2.22. The average molecular weight is 327 g/mol. The molecule has 0 aromatic heterocycles. The zero-order chi connectivity index (χ0) is 16.8. The Balaban J connectivity index is 2.14. The van der Waals surface area contributed by atoms with Crippen molar-refractivity contribution in [3.05, 3.63) is 58.6 Å². The molecule has 2 aromatic carbocycles. The minimum Gasteiger partial charge on any atom is -0.320 e. The van der Waals surface area contributed by atoms with Crippen LogP contribution in [0.5, 0.6) is 0 Å². The molecule has 0 aliphatic rings. The van der Waals surface area contributed by atoms with Crippen LogP contribution >= 0.6 is 11.6 Å². The first-order valence-electron chi connectivity index (χ1n) is 6.88. The molecule has 0 unspecified atom stereocenters. The average Bonchev–Trinajstić information content (AvgIpc) is 2.52. The van der Waals surface area contributed by atoms with E-state index >= 15 is 0 Å². The van der Waals surface area contributed by atoms with E-state index in [0.29, 0.717) is 16.4 Å². The van der Waals surface area contributed by atoms with Crippen LogP contribution in [0.4, 0.5) is 11.4 Å². The summed E-state index contributed by atoms with van der Waals surface area (Å²) < 4.78 is 0. The number of hydrazone groups is 1. The van der Waals surface area contributed by atoms with Crippen LogP contribution in [0.2, 0.25) is 5.02 Å². The molecule has 0 radical (unpaired) electrons. The first-order chi connectivity index (χ1) is 11.0. The highest BCUT2D eigenvalue weighted by molar-refractivity contribution is 6.48. The van der Waals surface area contributed by atoms with Gasteiger partial charge < -0.3 is 5.32 Å². The molecule has 0 atom stereocenters. The standard InChI is InChI=1S/C17H15ClN4O/c1-11-7-8-15(13(18)9-11)21-22-16(10-19)17(23)20-14-6-4-3-5-12(14)2/h3-9,21H,1-2H3,(H,20,23)/b22-16+. The fraction of sp³-hybridized carbons (Fsp3) is 0.118. The minimum absolute atomic E-state index is 0.287. The van der Waals surface area contributed by atoms with E-state index in [1.165, 1.54) is 0 Å². The smallest absolute Gasteiger partial charge is 0.287 e. The quantitative estimate of drug-likeness (QED) is 0.661. The zero-order valence-corrected chi connectivity index (χ0v) is 13.5. The van der Waals surface area contributed by atoms with Crippen LogP contribution in [0, 0.1) is 25.2 Å². The molecule has 0 saturated carbocycles. The van der Waals surface area contributed by atoms with Gasteiger partial charge in [-0.3, -0.25) is 10.2 Å². The zero-order valence-electron chi connectivity index (χ0n) is 12.7. The van der Waals surface area contributed by atoms with Crippen LogP contribution in [0.25, 0.3) is 0 Å². The number of amides is 1. The molecule has 2 rings (SSSR count). The Morgan fingerprint density at radius 2 is 1.91 bits per heavy atom. The van der Waals surface area contributed by atoms with Crippen molar-refractivity contribution in [2.24, 2.45) is 5.10 Å². The van der Waals surface area contributed by atoms with Crippen molar-refractivity contribution in [2.75, 3.05) is 10.7 Å². The summed E-state index contributed by atoms with van der Waals surface area (Å²) in [7, 11) is 0. The third kappa shape index (κ3) is 4.31. The molecule has 0 bridgehead atoms. The lowest BCUT2D eigenvalue weighted by atomic mass is 10.2. The molecular formula is C17H15ClN4O. The summed E-state index contributed by atoms with van der Waals surface area (Å²) in [5.41, 5.74) is 5.41. The number of hydrogen-bond acceptors (Lipinski definition) is 4. The number of para-hydroxylation sites is 1. The predicted octanol–water partition coefficient (Wildman–Crippen LogP) is 3.89. The first kappa shape index (κ1) is 16.5. The summed E-state index contributed by atoms with van der Waals surface area (Å²) in [4.78, 5) is 12.1. The van der Waals surface area contributed by atoms with Gasteiger partial charge in [-0.05, 0) is 43.2 Å². The lowest BCUT2D eigenvalue weighted by molar-refractivity contribution is -0.110. The second-order valence-corrected chi connectivity index (χ2v) is 5.34. The normalized spacial score (nSPS) is 10.8. The number of rotatable bonds is 4. The third-order valence-corrected chi connectivity index (χ3v) is 3.44. The Morgan fingerprint density at radius 3 is 2.57 bits per heavy atom. The molecule has 0 aliphatic carbocycles. The second kappa shape index (κ2) is 7.43. The van der Waals surface area contributed by atoms with Gasteiger partial charge in [0.05, 0.1) is 10.7 Å². The molecule has 2 N–H and O–H groups in total.